The van der Waals surface area contributed by atoms with Crippen LogP contribution in [0.15, 0.2) is 71.7 Å². The van der Waals surface area contributed by atoms with E-state index in [2.05, 4.69) is 11.6 Å². The van der Waals surface area contributed by atoms with E-state index in [-0.39, 0.29) is 0 Å². The Morgan fingerprint density at radius 3 is 2.52 bits per heavy atom. The van der Waals surface area contributed by atoms with E-state index in [1.54, 1.807) is 6.08 Å². The topological polar surface area (TPSA) is 46.3 Å². The molecule has 3 aromatic rings. The molecule has 106 valence electrons. The van der Waals surface area contributed by atoms with Crippen molar-refractivity contribution in [3.63, 3.8) is 0 Å². The van der Waals surface area contributed by atoms with E-state index in [1.807, 2.05) is 54.6 Å². The molecule has 0 saturated heterocycles. The lowest BCUT2D eigenvalue weighted by Gasteiger charge is -2.24. The predicted molar refractivity (Wildman–Crippen MR) is 82.9 cm³/mol. The number of benzene rings is 2. The van der Waals surface area contributed by atoms with Crippen molar-refractivity contribution in [2.45, 2.75) is 18.4 Å². The van der Waals surface area contributed by atoms with Gasteiger partial charge in [-0.2, -0.15) is 0 Å². The number of rotatable bonds is 5. The second-order valence-electron chi connectivity index (χ2n) is 5.04. The molecular weight excluding hydrogens is 262 g/mol. The molecule has 3 heteroatoms. The minimum Gasteiger partial charge on any atom is -0.437 e. The van der Waals surface area contributed by atoms with Crippen LogP contribution in [0.2, 0.25) is 0 Å². The summed E-state index contributed by atoms with van der Waals surface area (Å²) in [6.07, 6.45) is 2.94. The Balaban J connectivity index is 2.12. The fraction of sp³-hybridized carbons (Fsp3) is 0.167. The van der Waals surface area contributed by atoms with Crippen molar-refractivity contribution in [2.75, 3.05) is 0 Å². The van der Waals surface area contributed by atoms with Gasteiger partial charge in [0.25, 0.3) is 0 Å². The quantitative estimate of drug-likeness (QED) is 0.717. The van der Waals surface area contributed by atoms with Gasteiger partial charge in [-0.3, -0.25) is 0 Å². The highest BCUT2D eigenvalue weighted by atomic mass is 16.4. The molecule has 0 saturated carbocycles. The summed E-state index contributed by atoms with van der Waals surface area (Å²) in [4.78, 5) is 4.46. The van der Waals surface area contributed by atoms with Crippen LogP contribution in [0.1, 0.15) is 24.3 Å². The third kappa shape index (κ3) is 2.48. The first kappa shape index (κ1) is 13.6. The molecule has 0 bridgehead atoms. The summed E-state index contributed by atoms with van der Waals surface area (Å²) in [5.41, 5.74) is 0.966. The molecule has 2 aromatic carbocycles. The molecule has 21 heavy (non-hydrogen) atoms. The summed E-state index contributed by atoms with van der Waals surface area (Å²) in [6, 6.07) is 17.0. The summed E-state index contributed by atoms with van der Waals surface area (Å²) in [6.45, 7) is 3.73. The van der Waals surface area contributed by atoms with Gasteiger partial charge in [-0.1, -0.05) is 48.5 Å². The number of para-hydroxylation sites is 2. The number of nitrogens with zero attached hydrogens (tertiary/aromatic N) is 1. The minimum atomic E-state index is -1.24. The van der Waals surface area contributed by atoms with Gasteiger partial charge >= 0.3 is 0 Å². The van der Waals surface area contributed by atoms with Gasteiger partial charge in [-0.05, 0) is 30.5 Å². The fourth-order valence-corrected chi connectivity index (χ4v) is 2.45. The third-order valence-electron chi connectivity index (χ3n) is 3.61. The number of allylic oxidation sites excluding steroid dienone is 1. The van der Waals surface area contributed by atoms with Crippen LogP contribution in [0, 0.1) is 0 Å². The van der Waals surface area contributed by atoms with Crippen molar-refractivity contribution in [1.29, 1.82) is 0 Å². The van der Waals surface area contributed by atoms with Gasteiger partial charge in [0.1, 0.15) is 5.52 Å². The molecule has 0 fully saturated rings. The van der Waals surface area contributed by atoms with Gasteiger partial charge < -0.3 is 9.52 Å². The van der Waals surface area contributed by atoms with Crippen LogP contribution in [0.5, 0.6) is 0 Å². The lowest BCUT2D eigenvalue weighted by Crippen LogP contribution is -2.27. The maximum Gasteiger partial charge on any atom is 0.232 e. The van der Waals surface area contributed by atoms with Crippen molar-refractivity contribution in [2.24, 2.45) is 0 Å². The molecule has 3 rings (SSSR count). The average Bonchev–Trinajstić information content (AvgIpc) is 2.98. The van der Waals surface area contributed by atoms with Crippen molar-refractivity contribution in [1.82, 2.24) is 4.98 Å². The molecule has 1 N–H and O–H groups in total. The van der Waals surface area contributed by atoms with Crippen LogP contribution in [0.4, 0.5) is 0 Å². The van der Waals surface area contributed by atoms with E-state index in [4.69, 9.17) is 4.42 Å². The van der Waals surface area contributed by atoms with E-state index in [1.165, 1.54) is 0 Å². The fourth-order valence-electron chi connectivity index (χ4n) is 2.45. The highest BCUT2D eigenvalue weighted by Gasteiger charge is 2.36. The molecule has 1 aromatic heterocycles. The molecule has 0 radical (unpaired) electrons. The maximum atomic E-state index is 11.2. The molecule has 1 unspecified atom stereocenters. The van der Waals surface area contributed by atoms with E-state index in [0.717, 1.165) is 11.1 Å². The van der Waals surface area contributed by atoms with Crippen LogP contribution >= 0.6 is 0 Å². The number of oxazole rings is 1. The summed E-state index contributed by atoms with van der Waals surface area (Å²) in [5, 5.41) is 11.2. The van der Waals surface area contributed by atoms with Gasteiger partial charge in [-0.25, -0.2) is 4.98 Å². The van der Waals surface area contributed by atoms with Crippen molar-refractivity contribution >= 4 is 11.1 Å². The first-order valence-electron chi connectivity index (χ1n) is 6.99. The first-order chi connectivity index (χ1) is 10.2. The summed E-state index contributed by atoms with van der Waals surface area (Å²) >= 11 is 0. The Labute approximate surface area is 123 Å². The van der Waals surface area contributed by atoms with Crippen LogP contribution < -0.4 is 0 Å². The largest absolute Gasteiger partial charge is 0.437 e. The van der Waals surface area contributed by atoms with Crippen LogP contribution in [0.25, 0.3) is 11.1 Å². The highest BCUT2D eigenvalue weighted by molar-refractivity contribution is 5.72. The molecule has 1 atom stereocenters. The Kier molecular flexibility index (Phi) is 3.59. The Morgan fingerprint density at radius 2 is 1.81 bits per heavy atom. The second-order valence-corrected chi connectivity index (χ2v) is 5.04. The molecule has 0 aliphatic heterocycles. The zero-order valence-electron chi connectivity index (χ0n) is 11.7. The van der Waals surface area contributed by atoms with E-state index in [0.29, 0.717) is 24.3 Å². The summed E-state index contributed by atoms with van der Waals surface area (Å²) in [7, 11) is 0. The molecule has 0 spiro atoms. The average molecular weight is 279 g/mol. The van der Waals surface area contributed by atoms with Crippen molar-refractivity contribution in [3.05, 3.63) is 78.7 Å². The number of aliphatic hydroxyl groups is 1. The number of aromatic nitrogens is 1. The van der Waals surface area contributed by atoms with Crippen molar-refractivity contribution < 1.29 is 9.52 Å². The molecular formula is C18H17NO2. The molecule has 3 nitrogen and oxygen atoms in total. The van der Waals surface area contributed by atoms with Crippen molar-refractivity contribution in [3.8, 4) is 0 Å². The van der Waals surface area contributed by atoms with Gasteiger partial charge in [0, 0.05) is 0 Å². The number of hydrogen-bond acceptors (Lipinski definition) is 3. The summed E-state index contributed by atoms with van der Waals surface area (Å²) < 4.78 is 5.79. The highest BCUT2D eigenvalue weighted by Crippen LogP contribution is 2.35. The number of fused-ring (bicyclic) bond motifs is 1. The smallest absolute Gasteiger partial charge is 0.232 e. The first-order valence-corrected chi connectivity index (χ1v) is 6.99. The lowest BCUT2D eigenvalue weighted by atomic mass is 9.89. The Hall–Kier alpha value is -2.39. The standard InChI is InChI=1S/C18H17NO2/c1-2-3-13-18(20,14-9-5-4-6-10-14)17-19-15-11-7-8-12-16(15)21-17/h2,4-12,20H,1,3,13H2. The number of hydrogen-bond donors (Lipinski definition) is 1. The van der Waals surface area contributed by atoms with Crippen LogP contribution in [0.3, 0.4) is 0 Å². The summed E-state index contributed by atoms with van der Waals surface area (Å²) in [5.74, 6) is 0.330. The van der Waals surface area contributed by atoms with Gasteiger partial charge in [-0.15, -0.1) is 6.58 Å². The van der Waals surface area contributed by atoms with E-state index in [9.17, 15) is 5.11 Å². The molecule has 0 aliphatic carbocycles. The minimum absolute atomic E-state index is 0.330. The van der Waals surface area contributed by atoms with Gasteiger partial charge in [0.05, 0.1) is 0 Å². The molecule has 0 amide bonds. The van der Waals surface area contributed by atoms with Crippen LogP contribution in [-0.4, -0.2) is 10.1 Å². The zero-order valence-corrected chi connectivity index (χ0v) is 11.7. The third-order valence-corrected chi connectivity index (χ3v) is 3.61. The predicted octanol–water partition coefficient (Wildman–Crippen LogP) is 4.03. The SMILES string of the molecule is C=CCCC(O)(c1ccccc1)c1nc2ccccc2o1. The monoisotopic (exact) mass is 279 g/mol. The normalized spacial score (nSPS) is 14.0. The Bertz CT molecular complexity index is 715. The maximum absolute atomic E-state index is 11.2. The Morgan fingerprint density at radius 1 is 1.10 bits per heavy atom. The van der Waals surface area contributed by atoms with E-state index < -0.39 is 5.60 Å². The molecule has 0 aliphatic rings. The van der Waals surface area contributed by atoms with E-state index >= 15 is 0 Å². The lowest BCUT2D eigenvalue weighted by molar-refractivity contribution is 0.0447. The second kappa shape index (κ2) is 5.54. The zero-order chi connectivity index (χ0) is 14.7. The van der Waals surface area contributed by atoms with Crippen LogP contribution in [-0.2, 0) is 5.60 Å². The van der Waals surface area contributed by atoms with Gasteiger partial charge in [0.2, 0.25) is 5.89 Å². The molecule has 1 heterocycles. The van der Waals surface area contributed by atoms with Gasteiger partial charge in [0.15, 0.2) is 11.2 Å².